The van der Waals surface area contributed by atoms with E-state index in [1.165, 1.54) is 24.3 Å². The van der Waals surface area contributed by atoms with Gasteiger partial charge in [-0.3, -0.25) is 9.59 Å². The first-order valence-electron chi connectivity index (χ1n) is 11.0. The number of hydrogen-bond donors (Lipinski definition) is 2. The Morgan fingerprint density at radius 1 is 1.10 bits per heavy atom. The summed E-state index contributed by atoms with van der Waals surface area (Å²) in [6.07, 6.45) is 2.74. The zero-order chi connectivity index (χ0) is 22.3. The highest BCUT2D eigenvalue weighted by atomic mass is 19.1. The predicted molar refractivity (Wildman–Crippen MR) is 119 cm³/mol. The van der Waals surface area contributed by atoms with Gasteiger partial charge in [-0.1, -0.05) is 25.1 Å². The molecule has 0 bridgehead atoms. The number of benzene rings is 2. The van der Waals surface area contributed by atoms with E-state index in [-0.39, 0.29) is 17.5 Å². The first-order valence-corrected chi connectivity index (χ1v) is 11.0. The molecule has 2 N–H and O–H groups in total. The summed E-state index contributed by atoms with van der Waals surface area (Å²) in [6.45, 7) is 4.07. The van der Waals surface area contributed by atoms with Gasteiger partial charge in [0.2, 0.25) is 5.91 Å². The van der Waals surface area contributed by atoms with Gasteiger partial charge < -0.3 is 15.3 Å². The molecule has 5 nitrogen and oxygen atoms in total. The lowest BCUT2D eigenvalue weighted by molar-refractivity contribution is -0.134. The Labute approximate surface area is 183 Å². The molecule has 0 aromatic heterocycles. The third-order valence-electron chi connectivity index (χ3n) is 6.18. The molecule has 2 aromatic carbocycles. The molecular formula is C25H31FN2O3. The molecule has 3 rings (SSSR count). The van der Waals surface area contributed by atoms with Crippen molar-refractivity contribution in [1.29, 1.82) is 0 Å². The van der Waals surface area contributed by atoms with Crippen LogP contribution in [-0.2, 0) is 4.79 Å². The largest absolute Gasteiger partial charge is 0.389 e. The molecule has 2 aromatic rings. The number of nitrogens with zero attached hydrogens (tertiary/aromatic N) is 1. The second-order valence-electron chi connectivity index (χ2n) is 8.29. The Morgan fingerprint density at radius 3 is 2.35 bits per heavy atom. The average Bonchev–Trinajstić information content (AvgIpc) is 2.76. The molecule has 0 radical (unpaired) electrons. The summed E-state index contributed by atoms with van der Waals surface area (Å²) in [5.41, 5.74) is 0.246. The van der Waals surface area contributed by atoms with E-state index >= 15 is 0 Å². The Morgan fingerprint density at radius 2 is 1.74 bits per heavy atom. The first kappa shape index (κ1) is 23.1. The van der Waals surface area contributed by atoms with E-state index in [4.69, 9.17) is 0 Å². The highest BCUT2D eigenvalue weighted by Gasteiger charge is 2.42. The predicted octanol–water partition coefficient (Wildman–Crippen LogP) is 4.28. The van der Waals surface area contributed by atoms with Crippen LogP contribution in [0, 0.1) is 11.7 Å². The number of piperidine rings is 1. The summed E-state index contributed by atoms with van der Waals surface area (Å²) in [5.74, 6) is -0.943. The van der Waals surface area contributed by atoms with Gasteiger partial charge in [-0.2, -0.15) is 0 Å². The Kier molecular flexibility index (Phi) is 7.93. The van der Waals surface area contributed by atoms with E-state index in [9.17, 15) is 19.1 Å². The van der Waals surface area contributed by atoms with Crippen LogP contribution in [0.3, 0.4) is 0 Å². The second kappa shape index (κ2) is 10.6. The monoisotopic (exact) mass is 426 g/mol. The molecule has 166 valence electrons. The zero-order valence-corrected chi connectivity index (χ0v) is 18.0. The minimum atomic E-state index is -1.02. The quantitative estimate of drug-likeness (QED) is 0.587. The molecule has 31 heavy (non-hydrogen) atoms. The van der Waals surface area contributed by atoms with E-state index in [1.807, 2.05) is 37.3 Å². The van der Waals surface area contributed by atoms with Gasteiger partial charge in [0.1, 0.15) is 5.82 Å². The fourth-order valence-electron chi connectivity index (χ4n) is 4.32. The van der Waals surface area contributed by atoms with Crippen LogP contribution in [0.15, 0.2) is 54.6 Å². The fourth-order valence-corrected chi connectivity index (χ4v) is 4.32. The number of rotatable bonds is 9. The van der Waals surface area contributed by atoms with Crippen LogP contribution in [-0.4, -0.2) is 46.9 Å². The lowest BCUT2D eigenvalue weighted by Crippen LogP contribution is -2.52. The summed E-state index contributed by atoms with van der Waals surface area (Å²) in [4.78, 5) is 27.2. The molecule has 1 heterocycles. The molecule has 1 saturated heterocycles. The third kappa shape index (κ3) is 6.21. The lowest BCUT2D eigenvalue weighted by atomic mass is 9.77. The van der Waals surface area contributed by atoms with Crippen molar-refractivity contribution in [3.63, 3.8) is 0 Å². The molecule has 6 heteroatoms. The van der Waals surface area contributed by atoms with Gasteiger partial charge in [-0.25, -0.2) is 4.39 Å². The van der Waals surface area contributed by atoms with Crippen LogP contribution in [0.4, 0.5) is 10.1 Å². The van der Waals surface area contributed by atoms with Gasteiger partial charge in [0, 0.05) is 30.8 Å². The number of anilines is 1. The minimum Gasteiger partial charge on any atom is -0.389 e. The van der Waals surface area contributed by atoms with Crippen molar-refractivity contribution in [2.75, 3.05) is 25.0 Å². The summed E-state index contributed by atoms with van der Waals surface area (Å²) in [6, 6.07) is 14.9. The van der Waals surface area contributed by atoms with E-state index in [0.29, 0.717) is 50.8 Å². The van der Waals surface area contributed by atoms with Crippen LogP contribution >= 0.6 is 0 Å². The van der Waals surface area contributed by atoms with Gasteiger partial charge in [0.15, 0.2) is 5.78 Å². The standard InChI is InChI=1S/C25H31FN2O3/c1-2-22(24(30)27-21-7-4-3-5-8-21)25(31)14-17-28(18-15-25)16-6-9-23(29)19-10-12-20(26)13-11-19/h3-5,7-8,10-13,22,31H,2,6,9,14-18H2,1H3,(H,27,30). The second-order valence-corrected chi connectivity index (χ2v) is 8.29. The van der Waals surface area contributed by atoms with Crippen LogP contribution in [0.5, 0.6) is 0 Å². The van der Waals surface area contributed by atoms with E-state index in [1.54, 1.807) is 0 Å². The number of para-hydroxylation sites is 1. The molecule has 1 atom stereocenters. The van der Waals surface area contributed by atoms with Gasteiger partial charge in [0.25, 0.3) is 0 Å². The highest BCUT2D eigenvalue weighted by Crippen LogP contribution is 2.33. The minimum absolute atomic E-state index is 0.0112. The molecule has 0 aliphatic carbocycles. The Hall–Kier alpha value is -2.57. The van der Waals surface area contributed by atoms with Crippen molar-refractivity contribution in [3.8, 4) is 0 Å². The van der Waals surface area contributed by atoms with E-state index < -0.39 is 11.5 Å². The summed E-state index contributed by atoms with van der Waals surface area (Å²) in [7, 11) is 0. The normalized spacial score (nSPS) is 17.1. The van der Waals surface area contributed by atoms with Gasteiger partial charge in [0.05, 0.1) is 11.5 Å². The smallest absolute Gasteiger partial charge is 0.230 e. The first-order chi connectivity index (χ1) is 14.9. The third-order valence-corrected chi connectivity index (χ3v) is 6.18. The van der Waals surface area contributed by atoms with Crippen LogP contribution in [0.25, 0.3) is 0 Å². The molecule has 1 aliphatic rings. The number of likely N-dealkylation sites (tertiary alicyclic amines) is 1. The van der Waals surface area contributed by atoms with Crippen LogP contribution in [0.1, 0.15) is 49.4 Å². The number of ketones is 1. The highest BCUT2D eigenvalue weighted by molar-refractivity contribution is 5.96. The number of halogens is 1. The van der Waals surface area contributed by atoms with Crippen molar-refractivity contribution in [2.45, 2.75) is 44.6 Å². The van der Waals surface area contributed by atoms with E-state index in [0.717, 1.165) is 12.2 Å². The zero-order valence-electron chi connectivity index (χ0n) is 18.0. The maximum atomic E-state index is 13.0. The topological polar surface area (TPSA) is 69.6 Å². The van der Waals surface area contributed by atoms with Gasteiger partial charge in [-0.05, 0) is 68.6 Å². The number of carbonyl (C=O) groups excluding carboxylic acids is 2. The molecule has 1 unspecified atom stereocenters. The Balaban J connectivity index is 1.46. The summed E-state index contributed by atoms with van der Waals surface area (Å²) >= 11 is 0. The van der Waals surface area contributed by atoms with Crippen molar-refractivity contribution < 1.29 is 19.1 Å². The van der Waals surface area contributed by atoms with Gasteiger partial charge >= 0.3 is 0 Å². The molecule has 1 fully saturated rings. The number of amides is 1. The molecule has 0 spiro atoms. The number of hydrogen-bond acceptors (Lipinski definition) is 4. The fraction of sp³-hybridized carbons (Fsp3) is 0.440. The maximum absolute atomic E-state index is 13.0. The molecule has 0 saturated carbocycles. The summed E-state index contributed by atoms with van der Waals surface area (Å²) < 4.78 is 13.0. The number of Topliss-reactive ketones (excluding diaryl/α,β-unsaturated/α-hetero) is 1. The molecule has 1 amide bonds. The summed E-state index contributed by atoms with van der Waals surface area (Å²) in [5, 5.41) is 14.1. The lowest BCUT2D eigenvalue weighted by Gasteiger charge is -2.42. The van der Waals surface area contributed by atoms with Crippen molar-refractivity contribution in [1.82, 2.24) is 4.90 Å². The maximum Gasteiger partial charge on any atom is 0.230 e. The number of nitrogens with one attached hydrogen (secondary N) is 1. The van der Waals surface area contributed by atoms with Crippen molar-refractivity contribution in [2.24, 2.45) is 5.92 Å². The van der Waals surface area contributed by atoms with E-state index in [2.05, 4.69) is 10.2 Å². The van der Waals surface area contributed by atoms with Crippen molar-refractivity contribution >= 4 is 17.4 Å². The molecular weight excluding hydrogens is 395 g/mol. The molecule has 1 aliphatic heterocycles. The van der Waals surface area contributed by atoms with Gasteiger partial charge in [-0.15, -0.1) is 0 Å². The Bertz CT molecular complexity index is 862. The number of carbonyl (C=O) groups is 2. The van der Waals surface area contributed by atoms with Crippen LogP contribution < -0.4 is 5.32 Å². The average molecular weight is 427 g/mol. The number of aliphatic hydroxyl groups is 1. The van der Waals surface area contributed by atoms with Crippen LogP contribution in [0.2, 0.25) is 0 Å². The van der Waals surface area contributed by atoms with Crippen molar-refractivity contribution in [3.05, 3.63) is 66.0 Å². The SMILES string of the molecule is CCC(C(=O)Nc1ccccc1)C1(O)CCN(CCCC(=O)c2ccc(F)cc2)CC1.